The summed E-state index contributed by atoms with van der Waals surface area (Å²) in [5.74, 6) is 2.05. The smallest absolute Gasteiger partial charge is 0.409 e. The SMILES string of the molecule is COC(=O)N1CCCC1.COc1ccc(C23CCC(CN(C(=O)C4CCCCC4)c4cc(/C(C=NC(C)C)=C/N)ccn4)(CC2)CC3)cc1C. The van der Waals surface area contributed by atoms with Crippen molar-refractivity contribution in [3.63, 3.8) is 0 Å². The maximum atomic E-state index is 14.2. The topological polar surface area (TPSA) is 110 Å². The third kappa shape index (κ3) is 8.70. The fraction of sp³-hybridized carbons (Fsp3) is 0.610. The van der Waals surface area contributed by atoms with E-state index in [9.17, 15) is 9.59 Å². The van der Waals surface area contributed by atoms with Gasteiger partial charge in [0.15, 0.2) is 0 Å². The predicted molar refractivity (Wildman–Crippen MR) is 202 cm³/mol. The molecule has 272 valence electrons. The number of aliphatic imine (C=N–C) groups is 1. The van der Waals surface area contributed by atoms with E-state index in [1.807, 2.05) is 38.4 Å². The van der Waals surface area contributed by atoms with Gasteiger partial charge in [0.2, 0.25) is 5.91 Å². The van der Waals surface area contributed by atoms with E-state index in [1.165, 1.54) is 43.9 Å². The number of pyridine rings is 1. The Morgan fingerprint density at radius 3 is 2.26 bits per heavy atom. The molecular weight excluding hydrogens is 626 g/mol. The summed E-state index contributed by atoms with van der Waals surface area (Å²) < 4.78 is 10.1. The van der Waals surface area contributed by atoms with Crippen molar-refractivity contribution in [3.8, 4) is 5.75 Å². The number of fused-ring (bicyclic) bond motifs is 3. The first-order valence-electron chi connectivity index (χ1n) is 18.8. The van der Waals surface area contributed by atoms with Crippen LogP contribution in [0, 0.1) is 18.3 Å². The highest BCUT2D eigenvalue weighted by atomic mass is 16.5. The number of likely N-dealkylation sites (tertiary alicyclic amines) is 1. The Hall–Kier alpha value is -3.88. The number of carbonyl (C=O) groups is 2. The van der Waals surface area contributed by atoms with Gasteiger partial charge in [-0.15, -0.1) is 0 Å². The van der Waals surface area contributed by atoms with Crippen molar-refractivity contribution in [2.45, 2.75) is 116 Å². The fourth-order valence-electron chi connectivity index (χ4n) is 8.54. The lowest BCUT2D eigenvalue weighted by Gasteiger charge is -2.55. The van der Waals surface area contributed by atoms with Crippen molar-refractivity contribution < 1.29 is 19.1 Å². The number of ether oxygens (including phenoxy) is 2. The van der Waals surface area contributed by atoms with Gasteiger partial charge in [-0.2, -0.15) is 0 Å². The lowest BCUT2D eigenvalue weighted by molar-refractivity contribution is -0.124. The van der Waals surface area contributed by atoms with Gasteiger partial charge in [0.05, 0.1) is 14.2 Å². The molecule has 7 rings (SSSR count). The molecule has 1 saturated heterocycles. The largest absolute Gasteiger partial charge is 0.496 e. The Morgan fingerprint density at radius 1 is 1.00 bits per heavy atom. The van der Waals surface area contributed by atoms with Gasteiger partial charge in [-0.25, -0.2) is 9.78 Å². The van der Waals surface area contributed by atoms with Crippen molar-refractivity contribution in [3.05, 3.63) is 59.4 Å². The number of aromatic nitrogens is 1. The number of methoxy groups -OCH3 is 2. The van der Waals surface area contributed by atoms with Crippen LogP contribution in [0.3, 0.4) is 0 Å². The summed E-state index contributed by atoms with van der Waals surface area (Å²) in [7, 11) is 3.16. The molecule has 1 aromatic heterocycles. The third-order valence-corrected chi connectivity index (χ3v) is 11.7. The molecule has 2 bridgehead atoms. The quantitative estimate of drug-likeness (QED) is 0.266. The Kier molecular flexibility index (Phi) is 12.6. The molecule has 4 saturated carbocycles. The molecule has 9 heteroatoms. The Morgan fingerprint density at radius 2 is 1.68 bits per heavy atom. The summed E-state index contributed by atoms with van der Waals surface area (Å²) in [6.45, 7) is 8.72. The van der Waals surface area contributed by atoms with Crippen LogP contribution in [0.2, 0.25) is 0 Å². The van der Waals surface area contributed by atoms with Crippen molar-refractivity contribution in [2.24, 2.45) is 22.1 Å². The average Bonchev–Trinajstić information content (AvgIpc) is 3.70. The van der Waals surface area contributed by atoms with E-state index < -0.39 is 0 Å². The summed E-state index contributed by atoms with van der Waals surface area (Å²) in [6.07, 6.45) is 19.7. The molecule has 1 aromatic carbocycles. The van der Waals surface area contributed by atoms with Crippen LogP contribution in [0.4, 0.5) is 10.6 Å². The Labute approximate surface area is 299 Å². The van der Waals surface area contributed by atoms with Gasteiger partial charge in [-0.1, -0.05) is 31.4 Å². The van der Waals surface area contributed by atoms with Gasteiger partial charge >= 0.3 is 6.09 Å². The molecule has 5 aliphatic rings. The highest BCUT2D eigenvalue weighted by Crippen LogP contribution is 2.58. The lowest BCUT2D eigenvalue weighted by atomic mass is 9.51. The number of benzene rings is 1. The molecule has 0 atom stereocenters. The Bertz CT molecular complexity index is 1500. The van der Waals surface area contributed by atoms with Crippen LogP contribution in [0.15, 0.2) is 47.7 Å². The molecule has 4 aliphatic carbocycles. The molecule has 50 heavy (non-hydrogen) atoms. The number of nitrogens with zero attached hydrogens (tertiary/aromatic N) is 4. The first kappa shape index (κ1) is 37.4. The van der Waals surface area contributed by atoms with Crippen LogP contribution < -0.4 is 15.4 Å². The van der Waals surface area contributed by atoms with E-state index in [4.69, 9.17) is 15.5 Å². The number of hydrogen-bond donors (Lipinski definition) is 1. The van der Waals surface area contributed by atoms with Gasteiger partial charge in [0.25, 0.3) is 0 Å². The zero-order chi connectivity index (χ0) is 35.7. The number of allylic oxidation sites excluding steroid dienone is 1. The van der Waals surface area contributed by atoms with Crippen molar-refractivity contribution in [1.29, 1.82) is 0 Å². The van der Waals surface area contributed by atoms with Crippen molar-refractivity contribution in [1.82, 2.24) is 9.88 Å². The van der Waals surface area contributed by atoms with Gasteiger partial charge in [-0.05, 0) is 131 Å². The first-order valence-corrected chi connectivity index (χ1v) is 18.8. The minimum atomic E-state index is -0.187. The summed E-state index contributed by atoms with van der Waals surface area (Å²) >= 11 is 0. The van der Waals surface area contributed by atoms with Crippen molar-refractivity contribution >= 4 is 29.6 Å². The lowest BCUT2D eigenvalue weighted by Crippen LogP contribution is -2.51. The molecule has 0 radical (unpaired) electrons. The number of carbonyl (C=O) groups excluding carboxylic acids is 2. The molecule has 0 spiro atoms. The van der Waals surface area contributed by atoms with Crippen LogP contribution in [0.25, 0.3) is 5.57 Å². The monoisotopic (exact) mass is 685 g/mol. The molecule has 9 nitrogen and oxygen atoms in total. The standard InChI is InChI=1S/C35H48N4O2.C6H11NO2/c1-25(2)38-23-29(22-36)28-12-19-37-32(21-28)39(33(40)27-8-6-5-7-9-27)24-34-13-16-35(17-14-34,18-15-34)30-10-11-31(41-4)26(3)20-30;1-9-6(8)7-4-2-3-5-7/h10-12,19-23,25,27H,5-9,13-18,24,36H2,1-4H3;2-5H2,1H3/b29-22+,38-23?;. The van der Waals surface area contributed by atoms with E-state index in [0.717, 1.165) is 100 Å². The predicted octanol–water partition coefficient (Wildman–Crippen LogP) is 8.23. The minimum absolute atomic E-state index is 0.0891. The number of aryl methyl sites for hydroxylation is 1. The highest BCUT2D eigenvalue weighted by molar-refractivity contribution is 6.10. The molecule has 2 amide bonds. The van der Waals surface area contributed by atoms with Crippen LogP contribution in [-0.2, 0) is 14.9 Å². The van der Waals surface area contributed by atoms with Crippen LogP contribution in [-0.4, -0.2) is 68.0 Å². The normalized spacial score (nSPS) is 23.9. The van der Waals surface area contributed by atoms with Crippen LogP contribution in [0.1, 0.15) is 114 Å². The number of hydrogen-bond acceptors (Lipinski definition) is 7. The zero-order valence-electron chi connectivity index (χ0n) is 31.1. The summed E-state index contributed by atoms with van der Waals surface area (Å²) in [5.41, 5.74) is 10.9. The van der Waals surface area contributed by atoms with Gasteiger partial charge in [0.1, 0.15) is 11.6 Å². The minimum Gasteiger partial charge on any atom is -0.496 e. The Balaban J connectivity index is 0.000000470. The second-order valence-electron chi connectivity index (χ2n) is 15.3. The zero-order valence-corrected chi connectivity index (χ0v) is 31.1. The maximum absolute atomic E-state index is 14.2. The van der Waals surface area contributed by atoms with Gasteiger partial charge in [0, 0.05) is 55.8 Å². The third-order valence-electron chi connectivity index (χ3n) is 11.7. The highest BCUT2D eigenvalue weighted by Gasteiger charge is 2.50. The molecule has 2 N–H and O–H groups in total. The van der Waals surface area contributed by atoms with Gasteiger partial charge < -0.3 is 20.1 Å². The first-order chi connectivity index (χ1) is 24.1. The molecule has 1 aliphatic heterocycles. The van der Waals surface area contributed by atoms with Crippen LogP contribution >= 0.6 is 0 Å². The van der Waals surface area contributed by atoms with E-state index in [2.05, 4.69) is 39.8 Å². The maximum Gasteiger partial charge on any atom is 0.409 e. The molecule has 0 unspecified atom stereocenters. The summed E-state index contributed by atoms with van der Waals surface area (Å²) in [5, 5.41) is 0. The number of amides is 2. The second-order valence-corrected chi connectivity index (χ2v) is 15.3. The van der Waals surface area contributed by atoms with E-state index >= 15 is 0 Å². The second kappa shape index (κ2) is 16.9. The van der Waals surface area contributed by atoms with Crippen molar-refractivity contribution in [2.75, 3.05) is 38.8 Å². The summed E-state index contributed by atoms with van der Waals surface area (Å²) in [6, 6.07) is 10.9. The molecular formula is C41H59N5O4. The van der Waals surface area contributed by atoms with E-state index in [-0.39, 0.29) is 34.8 Å². The molecule has 2 aromatic rings. The number of nitrogens with two attached hydrogens (primary N) is 1. The van der Waals surface area contributed by atoms with E-state index in [0.29, 0.717) is 0 Å². The van der Waals surface area contributed by atoms with Gasteiger partial charge in [-0.3, -0.25) is 14.7 Å². The fourth-order valence-corrected chi connectivity index (χ4v) is 8.54. The number of rotatable bonds is 9. The number of anilines is 1. The summed E-state index contributed by atoms with van der Waals surface area (Å²) in [4.78, 5) is 38.0. The molecule has 5 fully saturated rings. The van der Waals surface area contributed by atoms with Crippen LogP contribution in [0.5, 0.6) is 5.75 Å². The van der Waals surface area contributed by atoms with E-state index in [1.54, 1.807) is 18.2 Å². The molecule has 2 heterocycles. The average molecular weight is 686 g/mol.